The predicted octanol–water partition coefficient (Wildman–Crippen LogP) is 3.41. The summed E-state index contributed by atoms with van der Waals surface area (Å²) < 4.78 is 19.0. The smallest absolute Gasteiger partial charge is 0.126 e. The molecular formula is C16H27FN2O. The van der Waals surface area contributed by atoms with Crippen LogP contribution in [0.15, 0.2) is 12.1 Å². The minimum absolute atomic E-state index is 0.197. The van der Waals surface area contributed by atoms with Crippen molar-refractivity contribution >= 4 is 5.69 Å². The average Bonchev–Trinajstić information content (AvgIpc) is 2.41. The molecule has 1 rings (SSSR count). The van der Waals surface area contributed by atoms with Crippen molar-refractivity contribution in [1.29, 1.82) is 0 Å². The number of methoxy groups -OCH3 is 1. The Morgan fingerprint density at radius 1 is 1.35 bits per heavy atom. The van der Waals surface area contributed by atoms with Crippen LogP contribution < -0.4 is 10.6 Å². The van der Waals surface area contributed by atoms with Crippen molar-refractivity contribution < 1.29 is 9.13 Å². The summed E-state index contributed by atoms with van der Waals surface area (Å²) in [5, 5.41) is 0. The zero-order valence-electron chi connectivity index (χ0n) is 13.2. The number of rotatable bonds is 7. The predicted molar refractivity (Wildman–Crippen MR) is 82.7 cm³/mol. The Kier molecular flexibility index (Phi) is 6.43. The van der Waals surface area contributed by atoms with E-state index in [4.69, 9.17) is 10.5 Å². The van der Waals surface area contributed by atoms with Gasteiger partial charge in [-0.1, -0.05) is 6.92 Å². The summed E-state index contributed by atoms with van der Waals surface area (Å²) in [4.78, 5) is 2.26. The minimum atomic E-state index is -0.200. The van der Waals surface area contributed by atoms with Gasteiger partial charge in [0.1, 0.15) is 5.82 Å². The van der Waals surface area contributed by atoms with Gasteiger partial charge in [0.05, 0.1) is 6.61 Å². The molecule has 114 valence electrons. The molecule has 0 aliphatic heterocycles. The van der Waals surface area contributed by atoms with Gasteiger partial charge >= 0.3 is 0 Å². The van der Waals surface area contributed by atoms with Crippen molar-refractivity contribution in [3.05, 3.63) is 29.1 Å². The number of ether oxygens (including phenoxy) is 1. The molecule has 3 nitrogen and oxygen atoms in total. The number of nitrogens with two attached hydrogens (primary N) is 1. The first-order valence-corrected chi connectivity index (χ1v) is 7.23. The maximum absolute atomic E-state index is 13.8. The van der Waals surface area contributed by atoms with Gasteiger partial charge in [-0.2, -0.15) is 0 Å². The van der Waals surface area contributed by atoms with E-state index in [-0.39, 0.29) is 11.9 Å². The monoisotopic (exact) mass is 282 g/mol. The van der Waals surface area contributed by atoms with Crippen LogP contribution in [0, 0.1) is 12.7 Å². The molecule has 1 unspecified atom stereocenters. The van der Waals surface area contributed by atoms with E-state index < -0.39 is 0 Å². The Balaban J connectivity index is 3.26. The molecule has 0 aromatic heterocycles. The van der Waals surface area contributed by atoms with Crippen molar-refractivity contribution in [3.63, 3.8) is 0 Å². The van der Waals surface area contributed by atoms with Crippen molar-refractivity contribution in [2.24, 2.45) is 5.73 Å². The maximum atomic E-state index is 13.8. The molecule has 0 aliphatic rings. The lowest BCUT2D eigenvalue weighted by molar-refractivity contribution is 0.203. The molecule has 0 heterocycles. The molecule has 1 aromatic carbocycles. The number of aryl methyl sites for hydroxylation is 1. The third kappa shape index (κ3) is 3.93. The number of halogens is 1. The summed E-state index contributed by atoms with van der Waals surface area (Å²) >= 11 is 0. The fraction of sp³-hybridized carbons (Fsp3) is 0.625. The number of benzene rings is 1. The number of anilines is 1. The lowest BCUT2D eigenvalue weighted by Gasteiger charge is -2.33. The topological polar surface area (TPSA) is 38.5 Å². The Labute approximate surface area is 121 Å². The second-order valence-electron chi connectivity index (χ2n) is 5.39. The highest BCUT2D eigenvalue weighted by atomic mass is 19.1. The molecule has 1 aromatic rings. The second-order valence-corrected chi connectivity index (χ2v) is 5.39. The molecule has 4 heteroatoms. The van der Waals surface area contributed by atoms with E-state index in [1.807, 2.05) is 13.0 Å². The summed E-state index contributed by atoms with van der Waals surface area (Å²) in [6.45, 7) is 9.40. The largest absolute Gasteiger partial charge is 0.383 e. The molecule has 0 amide bonds. The molecular weight excluding hydrogens is 255 g/mol. The van der Waals surface area contributed by atoms with Gasteiger partial charge in [-0.25, -0.2) is 4.39 Å². The van der Waals surface area contributed by atoms with E-state index in [0.717, 1.165) is 24.2 Å². The van der Waals surface area contributed by atoms with E-state index in [2.05, 4.69) is 18.7 Å². The minimum Gasteiger partial charge on any atom is -0.383 e. The first-order valence-electron chi connectivity index (χ1n) is 7.23. The highest BCUT2D eigenvalue weighted by Gasteiger charge is 2.19. The SMILES string of the molecule is CCC(C)N(CCOC)c1cc(C)c(F)cc1[C@@H](C)N. The Morgan fingerprint density at radius 2 is 2.00 bits per heavy atom. The van der Waals surface area contributed by atoms with Crippen molar-refractivity contribution in [2.45, 2.75) is 46.2 Å². The van der Waals surface area contributed by atoms with E-state index in [1.165, 1.54) is 0 Å². The molecule has 0 bridgehead atoms. The molecule has 0 saturated heterocycles. The van der Waals surface area contributed by atoms with Gasteiger partial charge in [0, 0.05) is 31.4 Å². The van der Waals surface area contributed by atoms with Crippen molar-refractivity contribution in [3.8, 4) is 0 Å². The van der Waals surface area contributed by atoms with Crippen LogP contribution in [-0.2, 0) is 4.74 Å². The van der Waals surface area contributed by atoms with Crippen LogP contribution in [0.5, 0.6) is 0 Å². The Hall–Kier alpha value is -1.13. The van der Waals surface area contributed by atoms with Gasteiger partial charge in [-0.15, -0.1) is 0 Å². The first kappa shape index (κ1) is 16.9. The van der Waals surface area contributed by atoms with Gasteiger partial charge in [0.2, 0.25) is 0 Å². The summed E-state index contributed by atoms with van der Waals surface area (Å²) in [6, 6.07) is 3.62. The van der Waals surface area contributed by atoms with E-state index >= 15 is 0 Å². The molecule has 0 fully saturated rings. The summed E-state index contributed by atoms with van der Waals surface area (Å²) in [5.41, 5.74) is 8.54. The average molecular weight is 282 g/mol. The third-order valence-corrected chi connectivity index (χ3v) is 3.77. The first-order chi connectivity index (χ1) is 9.42. The highest BCUT2D eigenvalue weighted by Crippen LogP contribution is 2.30. The molecule has 0 saturated carbocycles. The van der Waals surface area contributed by atoms with Crippen LogP contribution >= 0.6 is 0 Å². The van der Waals surface area contributed by atoms with E-state index in [1.54, 1.807) is 20.1 Å². The van der Waals surface area contributed by atoms with Gasteiger partial charge in [0.15, 0.2) is 0 Å². The van der Waals surface area contributed by atoms with E-state index in [9.17, 15) is 4.39 Å². The third-order valence-electron chi connectivity index (χ3n) is 3.77. The lowest BCUT2D eigenvalue weighted by Crippen LogP contribution is -2.36. The standard InChI is InChI=1S/C16H27FN2O/c1-6-12(3)19(7-8-20-5)16-9-11(2)15(17)10-14(16)13(4)18/h9-10,12-13H,6-8,18H2,1-5H3/t12?,13-/m1/s1. The molecule has 0 aliphatic carbocycles. The maximum Gasteiger partial charge on any atom is 0.126 e. The van der Waals surface area contributed by atoms with Crippen LogP contribution in [-0.4, -0.2) is 26.3 Å². The van der Waals surface area contributed by atoms with Gasteiger partial charge in [0.25, 0.3) is 0 Å². The molecule has 2 N–H and O–H groups in total. The van der Waals surface area contributed by atoms with Crippen LogP contribution in [0.2, 0.25) is 0 Å². The number of nitrogens with zero attached hydrogens (tertiary/aromatic N) is 1. The Morgan fingerprint density at radius 3 is 2.50 bits per heavy atom. The van der Waals surface area contributed by atoms with Crippen LogP contribution in [0.4, 0.5) is 10.1 Å². The zero-order chi connectivity index (χ0) is 15.3. The van der Waals surface area contributed by atoms with E-state index in [0.29, 0.717) is 18.2 Å². The molecule has 20 heavy (non-hydrogen) atoms. The quantitative estimate of drug-likeness (QED) is 0.833. The lowest BCUT2D eigenvalue weighted by atomic mass is 10.0. The summed E-state index contributed by atoms with van der Waals surface area (Å²) in [6.07, 6.45) is 1.01. The molecule has 0 spiro atoms. The second kappa shape index (κ2) is 7.60. The summed E-state index contributed by atoms with van der Waals surface area (Å²) in [5.74, 6) is -0.197. The molecule has 0 radical (unpaired) electrons. The van der Waals surface area contributed by atoms with Gasteiger partial charge < -0.3 is 15.4 Å². The van der Waals surface area contributed by atoms with Gasteiger partial charge in [-0.3, -0.25) is 0 Å². The molecule has 2 atom stereocenters. The Bertz CT molecular complexity index is 435. The zero-order valence-corrected chi connectivity index (χ0v) is 13.2. The van der Waals surface area contributed by atoms with Crippen molar-refractivity contribution in [1.82, 2.24) is 0 Å². The van der Waals surface area contributed by atoms with Crippen molar-refractivity contribution in [2.75, 3.05) is 25.2 Å². The number of hydrogen-bond acceptors (Lipinski definition) is 3. The normalized spacial score (nSPS) is 14.2. The van der Waals surface area contributed by atoms with Crippen LogP contribution in [0.3, 0.4) is 0 Å². The number of hydrogen-bond donors (Lipinski definition) is 1. The summed E-state index contributed by atoms with van der Waals surface area (Å²) in [7, 11) is 1.69. The van der Waals surface area contributed by atoms with Crippen LogP contribution in [0.1, 0.15) is 44.4 Å². The van der Waals surface area contributed by atoms with Crippen LogP contribution in [0.25, 0.3) is 0 Å². The fourth-order valence-electron chi connectivity index (χ4n) is 2.28. The fourth-order valence-corrected chi connectivity index (χ4v) is 2.28. The van der Waals surface area contributed by atoms with Gasteiger partial charge in [-0.05, 0) is 50.5 Å². The highest BCUT2D eigenvalue weighted by molar-refractivity contribution is 5.57.